The van der Waals surface area contributed by atoms with Crippen LogP contribution in [0.2, 0.25) is 0 Å². The van der Waals surface area contributed by atoms with E-state index >= 15 is 0 Å². The predicted molar refractivity (Wildman–Crippen MR) is 34.7 cm³/mol. The molecule has 0 aromatic heterocycles. The van der Waals surface area contributed by atoms with Crippen molar-refractivity contribution >= 4 is 25.7 Å². The first-order valence-electron chi connectivity index (χ1n) is 1.85. The van der Waals surface area contributed by atoms with Crippen LogP contribution in [-0.4, -0.2) is 25.8 Å². The first-order valence-corrected chi connectivity index (χ1v) is 2.48. The molecule has 0 atom stereocenters. The molecule has 0 aliphatic rings. The van der Waals surface area contributed by atoms with E-state index in [1.165, 1.54) is 0 Å². The number of rotatable bonds is 2. The minimum absolute atomic E-state index is 0.806. The van der Waals surface area contributed by atoms with Gasteiger partial charge in [-0.3, -0.25) is 0 Å². The van der Waals surface area contributed by atoms with E-state index in [1.807, 2.05) is 20.1 Å². The second kappa shape index (κ2) is 5.08. The van der Waals surface area contributed by atoms with Gasteiger partial charge in [0, 0.05) is 0 Å². The zero-order valence-corrected chi connectivity index (χ0v) is 4.70. The SMILES string of the molecule is CNB=CCS. The number of nitrogens with one attached hydrogen (secondary N) is 1. The van der Waals surface area contributed by atoms with E-state index in [2.05, 4.69) is 17.9 Å². The van der Waals surface area contributed by atoms with Crippen molar-refractivity contribution in [1.29, 1.82) is 0 Å². The summed E-state index contributed by atoms with van der Waals surface area (Å²) in [7, 11) is 3.72. The molecule has 1 nitrogen and oxygen atoms in total. The molecule has 0 amide bonds. The molecule has 0 radical (unpaired) electrons. The zero-order chi connectivity index (χ0) is 4.83. The molecule has 0 bridgehead atoms. The monoisotopic (exact) mass is 101 g/mol. The Morgan fingerprint density at radius 2 is 2.67 bits per heavy atom. The normalized spacial score (nSPS) is 8.33. The summed E-state index contributed by atoms with van der Waals surface area (Å²) in [5.41, 5.74) is 0. The van der Waals surface area contributed by atoms with Gasteiger partial charge in [-0.25, -0.2) is 0 Å². The van der Waals surface area contributed by atoms with E-state index in [0.717, 1.165) is 5.75 Å². The van der Waals surface area contributed by atoms with E-state index in [1.54, 1.807) is 0 Å². The van der Waals surface area contributed by atoms with Crippen molar-refractivity contribution < 1.29 is 0 Å². The van der Waals surface area contributed by atoms with E-state index < -0.39 is 0 Å². The van der Waals surface area contributed by atoms with Gasteiger partial charge in [-0.05, 0) is 0 Å². The molecule has 0 aliphatic heterocycles. The molecule has 3 heteroatoms. The summed E-state index contributed by atoms with van der Waals surface area (Å²) in [5, 5.41) is 2.84. The molecule has 0 aromatic carbocycles. The van der Waals surface area contributed by atoms with Crippen LogP contribution in [0.5, 0.6) is 0 Å². The van der Waals surface area contributed by atoms with E-state index in [-0.39, 0.29) is 0 Å². The van der Waals surface area contributed by atoms with Crippen LogP contribution < -0.4 is 5.23 Å². The maximum atomic E-state index is 3.93. The fraction of sp³-hybridized carbons (Fsp3) is 0.667. The number of hydrogen-bond acceptors (Lipinski definition) is 2. The van der Waals surface area contributed by atoms with Crippen LogP contribution in [0.1, 0.15) is 0 Å². The first kappa shape index (κ1) is 6.08. The second-order valence-electron chi connectivity index (χ2n) is 0.874. The molecule has 1 N–H and O–H groups in total. The van der Waals surface area contributed by atoms with Gasteiger partial charge in [-0.15, -0.1) is 0 Å². The molecule has 0 saturated heterocycles. The van der Waals surface area contributed by atoms with E-state index in [0.29, 0.717) is 0 Å². The first-order chi connectivity index (χ1) is 2.91. The van der Waals surface area contributed by atoms with E-state index in [4.69, 9.17) is 0 Å². The molecule has 0 fully saturated rings. The van der Waals surface area contributed by atoms with Gasteiger partial charge >= 0.3 is 43.7 Å². The molecule has 34 valence electrons. The third-order valence-electron chi connectivity index (χ3n) is 0.390. The van der Waals surface area contributed by atoms with Crippen molar-refractivity contribution in [2.45, 2.75) is 0 Å². The average Bonchev–Trinajstić information content (AvgIpc) is 1.61. The second-order valence-corrected chi connectivity index (χ2v) is 1.24. The van der Waals surface area contributed by atoms with Crippen LogP contribution in [0.3, 0.4) is 0 Å². The van der Waals surface area contributed by atoms with Gasteiger partial charge in [-0.2, -0.15) is 0 Å². The van der Waals surface area contributed by atoms with Crippen molar-refractivity contribution in [3.05, 3.63) is 0 Å². The van der Waals surface area contributed by atoms with Crippen molar-refractivity contribution in [3.8, 4) is 0 Å². The Balaban J connectivity index is 2.73. The molecular formula is C3H8BNS. The molecule has 0 aliphatic carbocycles. The fourth-order valence-electron chi connectivity index (χ4n) is 0.171. The van der Waals surface area contributed by atoms with Crippen LogP contribution in [-0.2, 0) is 0 Å². The summed E-state index contributed by atoms with van der Waals surface area (Å²) in [6, 6.07) is 0. The molecule has 0 aromatic rings. The number of hydrogen-bond donors (Lipinski definition) is 2. The van der Waals surface area contributed by atoms with Crippen molar-refractivity contribution in [1.82, 2.24) is 5.23 Å². The fourth-order valence-corrected chi connectivity index (χ4v) is 0.276. The molecular weight excluding hydrogens is 92.9 g/mol. The quantitative estimate of drug-likeness (QED) is 0.355. The van der Waals surface area contributed by atoms with Crippen molar-refractivity contribution in [3.63, 3.8) is 0 Å². The average molecular weight is 101 g/mol. The molecule has 0 saturated carbocycles. The van der Waals surface area contributed by atoms with Gasteiger partial charge in [0.15, 0.2) is 0 Å². The summed E-state index contributed by atoms with van der Waals surface area (Å²) < 4.78 is 0. The molecule has 0 unspecified atom stereocenters. The summed E-state index contributed by atoms with van der Waals surface area (Å²) in [6.45, 7) is 0. The third-order valence-corrected chi connectivity index (χ3v) is 0.601. The molecule has 0 heterocycles. The van der Waals surface area contributed by atoms with Gasteiger partial charge in [-0.1, -0.05) is 0 Å². The standard InChI is InChI=1S/C3H8BNS/c1-5-4-2-3-6/h2,5-6H,3H2,1H3. The summed E-state index contributed by atoms with van der Waals surface area (Å²) in [5.74, 6) is 2.74. The molecule has 6 heavy (non-hydrogen) atoms. The van der Waals surface area contributed by atoms with Gasteiger partial charge in [0.2, 0.25) is 0 Å². The Hall–Kier alpha value is 0.0849. The van der Waals surface area contributed by atoms with Gasteiger partial charge in [0.05, 0.1) is 0 Å². The summed E-state index contributed by atoms with van der Waals surface area (Å²) >= 11 is 3.93. The Labute approximate surface area is 44.5 Å². The Bertz CT molecular complexity index is 40.1. The zero-order valence-electron chi connectivity index (χ0n) is 3.81. The van der Waals surface area contributed by atoms with Gasteiger partial charge in [0.1, 0.15) is 0 Å². The predicted octanol–water partition coefficient (Wildman–Crippen LogP) is -0.443. The molecule has 0 spiro atoms. The Kier molecular flexibility index (Phi) is 5.16. The Morgan fingerprint density at radius 3 is 2.83 bits per heavy atom. The number of thiol groups is 1. The van der Waals surface area contributed by atoms with Gasteiger partial charge in [0.25, 0.3) is 0 Å². The van der Waals surface area contributed by atoms with E-state index in [9.17, 15) is 0 Å². The topological polar surface area (TPSA) is 12.0 Å². The molecule has 0 rings (SSSR count). The van der Waals surface area contributed by atoms with Crippen LogP contribution in [0, 0.1) is 0 Å². The van der Waals surface area contributed by atoms with Crippen LogP contribution >= 0.6 is 12.6 Å². The van der Waals surface area contributed by atoms with Crippen LogP contribution in [0.15, 0.2) is 0 Å². The van der Waals surface area contributed by atoms with Crippen LogP contribution in [0.4, 0.5) is 0 Å². The third kappa shape index (κ3) is 4.08. The van der Waals surface area contributed by atoms with Crippen molar-refractivity contribution in [2.24, 2.45) is 0 Å². The minimum atomic E-state index is 0.806. The maximum absolute atomic E-state index is 3.93. The van der Waals surface area contributed by atoms with Crippen molar-refractivity contribution in [2.75, 3.05) is 12.8 Å². The summed E-state index contributed by atoms with van der Waals surface area (Å²) in [4.78, 5) is 0. The Morgan fingerprint density at radius 1 is 2.00 bits per heavy atom. The van der Waals surface area contributed by atoms with Gasteiger partial charge < -0.3 is 0 Å². The van der Waals surface area contributed by atoms with Crippen LogP contribution in [0.25, 0.3) is 0 Å². The summed E-state index contributed by atoms with van der Waals surface area (Å²) in [6.07, 6.45) is 0.